The van der Waals surface area contributed by atoms with Crippen molar-refractivity contribution in [3.05, 3.63) is 449 Å². The molecule has 0 saturated carbocycles. The molecule has 0 atom stereocenters. The second-order valence-corrected chi connectivity index (χ2v) is 30.0. The predicted octanol–water partition coefficient (Wildman–Crippen LogP) is 24.4. The topological polar surface area (TPSA) is 291 Å². The van der Waals surface area contributed by atoms with Crippen LogP contribution in [0.15, 0.2) is 392 Å². The van der Waals surface area contributed by atoms with Crippen molar-refractivity contribution in [2.75, 3.05) is 96.9 Å². The van der Waals surface area contributed by atoms with E-state index in [0.717, 1.165) is 133 Å². The Morgan fingerprint density at radius 3 is 0.985 bits per heavy atom. The molecule has 0 bridgehead atoms. The number of methoxy groups -OCH3 is 5. The number of fused-ring (bicyclic) bond motifs is 4. The summed E-state index contributed by atoms with van der Waals surface area (Å²) in [6.07, 6.45) is 0. The van der Waals surface area contributed by atoms with E-state index in [1.165, 1.54) is 59.8 Å². The maximum atomic E-state index is 12.7. The van der Waals surface area contributed by atoms with Crippen LogP contribution in [0.4, 0.5) is 85.3 Å². The third kappa shape index (κ3) is 25.4. The number of amides is 2. The molecule has 2 aliphatic rings. The monoisotopic (exact) mass is 1810 g/mol. The molecule has 15 aromatic carbocycles. The lowest BCUT2D eigenvalue weighted by atomic mass is 9.99. The smallest absolute Gasteiger partial charge is 0.337 e. The van der Waals surface area contributed by atoms with Crippen LogP contribution in [0.3, 0.4) is 0 Å². The molecule has 15 aromatic rings. The molecule has 6 N–H and O–H groups in total. The molecule has 17 rings (SSSR count). The van der Waals surface area contributed by atoms with E-state index >= 15 is 0 Å². The SMILES string of the molecule is CCN(c1ccccc1)c1ccccc1NC(=O)c1ccc(C(=O)OC)cc1.CCN1c2ccccc2N=C(c2ccc(C(=O)OC)cc2)c2ccccc21.CCN1c2ccccc2N=C(c2ccc(C(=O)OC)cc2)c2ccccc21.COC(=O)c1ccc(C(=O)Cl)cc1.COC(=O)c1ccc(C(=O)Nc2ccccc2Nc2ccccc2)cc1.Nc1ccccc1Nc1ccccc1. The Labute approximate surface area is 789 Å². The van der Waals surface area contributed by atoms with Gasteiger partial charge < -0.3 is 65.4 Å². The first-order valence-electron chi connectivity index (χ1n) is 43.1. The fourth-order valence-electron chi connectivity index (χ4n) is 14.5. The van der Waals surface area contributed by atoms with Crippen LogP contribution >= 0.6 is 11.6 Å². The number of carbonyl (C=O) groups is 8. The second-order valence-electron chi connectivity index (χ2n) is 29.7. The average molecular weight is 1820 g/mol. The second kappa shape index (κ2) is 48.4. The number of para-hydroxylation sites is 15. The fraction of sp³-hybridized carbons (Fsp3) is 0.0991. The molecule has 0 aromatic heterocycles. The van der Waals surface area contributed by atoms with Crippen molar-refractivity contribution in [1.29, 1.82) is 0 Å². The van der Waals surface area contributed by atoms with Crippen LogP contribution < -0.4 is 41.7 Å². The Hall–Kier alpha value is -17.3. The molecule has 0 radical (unpaired) electrons. The number of hydrogen-bond acceptors (Lipinski definition) is 21. The zero-order chi connectivity index (χ0) is 95.5. The number of ether oxygens (including phenoxy) is 5. The largest absolute Gasteiger partial charge is 0.465 e. The van der Waals surface area contributed by atoms with E-state index in [0.29, 0.717) is 50.2 Å². The molecule has 2 heterocycles. The standard InChI is InChI=1S/C23H22N2O3.2C23H20N2O2.C21H18N2O3.C12H12N2.C9H7ClO3/c1-3-25(19-9-5-4-6-10-19)21-12-8-7-11-20(21)24-22(26)17-13-15-18(16-14-17)23(27)28-2;2*1-3-25-20-10-6-4-8-18(20)22(24-19-9-5-7-11-21(19)25)16-12-14-17(15-13-16)23(26)27-2;1-26-21(25)16-13-11-15(12-14-16)20(24)23-19-10-6-5-9-18(19)22-17-7-3-2-4-8-17;13-11-8-4-5-9-12(11)14-10-6-2-1-3-7-10;1-13-9(12)7-4-2-6(3-5-7)8(10)11/h4-16H,3H2,1-2H3,(H,24,26);2*4-15H,3H2,1-2H3;2-14,22H,1H3,(H,23,24);1-9,14H,13H2;2-5H,1H3. The number of nitrogens with one attached hydrogen (secondary N) is 4. The number of halogens is 1. The van der Waals surface area contributed by atoms with Crippen LogP contribution in [0.2, 0.25) is 0 Å². The highest BCUT2D eigenvalue weighted by atomic mass is 35.5. The molecule has 0 spiro atoms. The summed E-state index contributed by atoms with van der Waals surface area (Å²) in [5, 5.41) is 11.9. The Balaban J connectivity index is 0.000000149. The highest BCUT2D eigenvalue weighted by Gasteiger charge is 2.26. The Kier molecular flexibility index (Phi) is 34.7. The number of carbonyl (C=O) groups excluding carboxylic acids is 8. The summed E-state index contributed by atoms with van der Waals surface area (Å²) < 4.78 is 23.4. The lowest BCUT2D eigenvalue weighted by Gasteiger charge is -2.26. The molecule has 0 fully saturated rings. The number of aliphatic imine (C=N–C) groups is 2. The van der Waals surface area contributed by atoms with Crippen LogP contribution in [-0.2, 0) is 23.7 Å². The van der Waals surface area contributed by atoms with Gasteiger partial charge in [0, 0.05) is 75.6 Å². The van der Waals surface area contributed by atoms with Gasteiger partial charge in [0.2, 0.25) is 0 Å². The first-order valence-corrected chi connectivity index (χ1v) is 43.5. The highest BCUT2D eigenvalue weighted by molar-refractivity contribution is 6.67. The number of hydrogen-bond donors (Lipinski definition) is 5. The van der Waals surface area contributed by atoms with Crippen molar-refractivity contribution in [2.24, 2.45) is 9.98 Å². The minimum Gasteiger partial charge on any atom is -0.465 e. The summed E-state index contributed by atoms with van der Waals surface area (Å²) in [7, 11) is 6.71. The molecule has 135 heavy (non-hydrogen) atoms. The van der Waals surface area contributed by atoms with Gasteiger partial charge in [-0.25, -0.2) is 34.0 Å². The maximum Gasteiger partial charge on any atom is 0.337 e. The van der Waals surface area contributed by atoms with Gasteiger partial charge in [-0.05, 0) is 239 Å². The van der Waals surface area contributed by atoms with Crippen molar-refractivity contribution in [3.63, 3.8) is 0 Å². The van der Waals surface area contributed by atoms with Gasteiger partial charge in [-0.3, -0.25) is 14.4 Å². The quantitative estimate of drug-likeness (QED) is 0.0193. The normalized spacial score (nSPS) is 11.0. The van der Waals surface area contributed by atoms with E-state index in [1.54, 1.807) is 72.8 Å². The van der Waals surface area contributed by atoms with E-state index in [4.69, 9.17) is 36.8 Å². The van der Waals surface area contributed by atoms with Gasteiger partial charge in [0.15, 0.2) is 0 Å². The molecular formula is C111H99ClN10O13. The number of anilines is 13. The number of esters is 5. The van der Waals surface area contributed by atoms with Gasteiger partial charge in [0.1, 0.15) is 0 Å². The number of rotatable bonds is 21. The van der Waals surface area contributed by atoms with E-state index in [1.807, 2.05) is 249 Å². The number of nitrogens with two attached hydrogens (primary N) is 1. The number of nitrogens with zero attached hydrogens (tertiary/aromatic N) is 5. The van der Waals surface area contributed by atoms with Crippen molar-refractivity contribution in [3.8, 4) is 0 Å². The van der Waals surface area contributed by atoms with Crippen molar-refractivity contribution >= 4 is 155 Å². The Morgan fingerprint density at radius 1 is 0.311 bits per heavy atom. The Morgan fingerprint density at radius 2 is 0.607 bits per heavy atom. The summed E-state index contributed by atoms with van der Waals surface area (Å²) >= 11 is 5.21. The van der Waals surface area contributed by atoms with Gasteiger partial charge in [-0.2, -0.15) is 0 Å². The average Bonchev–Trinajstić information content (AvgIpc) is 1.66. The lowest BCUT2D eigenvalue weighted by Crippen LogP contribution is -2.20. The molecule has 0 saturated heterocycles. The molecule has 0 unspecified atom stereocenters. The van der Waals surface area contributed by atoms with Gasteiger partial charge in [0.05, 0.1) is 143 Å². The third-order valence-corrected chi connectivity index (χ3v) is 21.5. The van der Waals surface area contributed by atoms with Gasteiger partial charge in [0.25, 0.3) is 17.1 Å². The van der Waals surface area contributed by atoms with Crippen LogP contribution in [-0.4, -0.2) is 114 Å². The summed E-state index contributed by atoms with van der Waals surface area (Å²) in [4.78, 5) is 110. The first kappa shape index (κ1) is 96.8. The van der Waals surface area contributed by atoms with E-state index < -0.39 is 23.2 Å². The summed E-state index contributed by atoms with van der Waals surface area (Å²) in [5.74, 6) is -2.49. The van der Waals surface area contributed by atoms with Crippen molar-refractivity contribution < 1.29 is 62.0 Å². The number of nitrogen functional groups attached to an aromatic ring is 1. The minimum absolute atomic E-state index is 0.243. The predicted molar refractivity (Wildman–Crippen MR) is 539 cm³/mol. The fourth-order valence-corrected chi connectivity index (χ4v) is 14.6. The summed E-state index contributed by atoms with van der Waals surface area (Å²) in [5.41, 5.74) is 29.3. The summed E-state index contributed by atoms with van der Waals surface area (Å²) in [6, 6.07) is 119. The zero-order valence-electron chi connectivity index (χ0n) is 75.5. The van der Waals surface area contributed by atoms with Crippen molar-refractivity contribution in [1.82, 2.24) is 0 Å². The van der Waals surface area contributed by atoms with E-state index in [2.05, 4.69) is 107 Å². The number of benzene rings is 15. The highest BCUT2D eigenvalue weighted by Crippen LogP contribution is 2.43. The molecule has 2 aliphatic heterocycles. The minimum atomic E-state index is -0.545. The van der Waals surface area contributed by atoms with Crippen LogP contribution in [0, 0.1) is 0 Å². The molecular weight excluding hydrogens is 1720 g/mol. The van der Waals surface area contributed by atoms with E-state index in [9.17, 15) is 38.4 Å². The van der Waals surface area contributed by atoms with Gasteiger partial charge in [-0.1, -0.05) is 176 Å². The van der Waals surface area contributed by atoms with Crippen molar-refractivity contribution in [2.45, 2.75) is 20.8 Å². The lowest BCUT2D eigenvalue weighted by molar-refractivity contribution is 0.0592. The summed E-state index contributed by atoms with van der Waals surface area (Å²) in [6.45, 7) is 8.80. The maximum absolute atomic E-state index is 12.7. The van der Waals surface area contributed by atoms with Gasteiger partial charge >= 0.3 is 29.8 Å². The van der Waals surface area contributed by atoms with Gasteiger partial charge in [-0.15, -0.1) is 0 Å². The first-order chi connectivity index (χ1) is 65.8. The molecule has 0 aliphatic carbocycles. The van der Waals surface area contributed by atoms with Crippen LogP contribution in [0.5, 0.6) is 0 Å². The molecule has 23 nitrogen and oxygen atoms in total. The van der Waals surface area contributed by atoms with E-state index in [-0.39, 0.29) is 23.8 Å². The Bertz CT molecular complexity index is 6500. The molecule has 678 valence electrons. The van der Waals surface area contributed by atoms with Crippen LogP contribution in [0.25, 0.3) is 0 Å². The third-order valence-electron chi connectivity index (χ3n) is 21.2. The zero-order valence-corrected chi connectivity index (χ0v) is 76.2. The molecule has 2 amide bonds. The molecule has 24 heteroatoms. The van der Waals surface area contributed by atoms with Crippen LogP contribution in [0.1, 0.15) is 126 Å².